The number of imidazole rings is 1. The van der Waals surface area contributed by atoms with E-state index >= 15 is 0 Å². The number of hydrogen-bond acceptors (Lipinski definition) is 12. The Balaban J connectivity index is 1.36. The van der Waals surface area contributed by atoms with Crippen LogP contribution in [0.3, 0.4) is 0 Å². The molecule has 0 bridgehead atoms. The number of nitrogens with zero attached hydrogens (tertiary/aromatic N) is 5. The Morgan fingerprint density at radius 1 is 0.976 bits per heavy atom. The van der Waals surface area contributed by atoms with Crippen LogP contribution < -0.4 is 16.2 Å². The van der Waals surface area contributed by atoms with Crippen molar-refractivity contribution in [2.24, 2.45) is 0 Å². The topological polar surface area (TPSA) is 172 Å². The number of nitrogen functional groups attached to an aromatic ring is 1. The molecule has 0 spiro atoms. The lowest BCUT2D eigenvalue weighted by atomic mass is 10.2. The molecule has 228 valence electrons. The Labute approximate surface area is 239 Å². The molecule has 0 amide bonds. The minimum Gasteiger partial charge on any atom is -0.463 e. The molecule has 3 aromatic rings. The van der Waals surface area contributed by atoms with Crippen molar-refractivity contribution in [3.8, 4) is 6.01 Å². The lowest BCUT2D eigenvalue weighted by Gasteiger charge is -2.16. The fraction of sp³-hybridized carbons (Fsp3) is 0.630. The zero-order chi connectivity index (χ0) is 29.3. The number of H-pyrrole nitrogens is 1. The third-order valence-electron chi connectivity index (χ3n) is 5.99. The van der Waals surface area contributed by atoms with E-state index in [1.54, 1.807) is 6.20 Å². The number of likely N-dealkylation sites (N-methyl/N-ethyl adjacent to an activating group) is 1. The molecule has 3 rings (SSSR count). The van der Waals surface area contributed by atoms with Gasteiger partial charge in [-0.3, -0.25) is 14.5 Å². The molecule has 0 fully saturated rings. The van der Waals surface area contributed by atoms with Gasteiger partial charge in [0.2, 0.25) is 0 Å². The van der Waals surface area contributed by atoms with Gasteiger partial charge in [0.05, 0.1) is 78.3 Å². The average Bonchev–Trinajstić information content (AvgIpc) is 3.27. The Morgan fingerprint density at radius 2 is 1.66 bits per heavy atom. The number of aromatic nitrogens is 5. The predicted molar refractivity (Wildman–Crippen MR) is 153 cm³/mol. The molecule has 4 N–H and O–H groups in total. The van der Waals surface area contributed by atoms with Gasteiger partial charge >= 0.3 is 11.7 Å². The first-order valence-electron chi connectivity index (χ1n) is 13.9. The third kappa shape index (κ3) is 11.3. The standard InChI is InChI=1S/C27H43N7O7/c1-3-4-9-41-26-31-24(28)23-25(32-26)34(27(36)30-23)19-21-5-6-22(29-18-21)20-33(2)7-10-37-12-14-39-16-17-40-15-13-38-11-8-35/h5-6,18,35H,3-4,7-17,19-20H2,1-2H3,(H,30,36)(H2,28,31,32). The minimum atomic E-state index is -0.324. The van der Waals surface area contributed by atoms with Gasteiger partial charge in [0.25, 0.3) is 0 Å². The number of nitrogens with two attached hydrogens (primary N) is 1. The summed E-state index contributed by atoms with van der Waals surface area (Å²) >= 11 is 0. The molecule has 41 heavy (non-hydrogen) atoms. The number of fused-ring (bicyclic) bond motifs is 1. The van der Waals surface area contributed by atoms with Gasteiger partial charge in [0, 0.05) is 19.3 Å². The number of aliphatic hydroxyl groups excluding tert-OH is 1. The smallest absolute Gasteiger partial charge is 0.328 e. The number of nitrogens with one attached hydrogen (secondary N) is 1. The Kier molecular flexibility index (Phi) is 14.5. The first-order valence-corrected chi connectivity index (χ1v) is 13.9. The molecule has 0 saturated carbocycles. The van der Waals surface area contributed by atoms with Crippen molar-refractivity contribution in [1.29, 1.82) is 0 Å². The summed E-state index contributed by atoms with van der Waals surface area (Å²) in [7, 11) is 2.01. The minimum absolute atomic E-state index is 0.0187. The van der Waals surface area contributed by atoms with Gasteiger partial charge in [-0.1, -0.05) is 19.4 Å². The van der Waals surface area contributed by atoms with Crippen LogP contribution in [0.15, 0.2) is 23.1 Å². The van der Waals surface area contributed by atoms with Crippen LogP contribution in [0.4, 0.5) is 5.82 Å². The third-order valence-corrected chi connectivity index (χ3v) is 5.99. The molecule has 14 heteroatoms. The van der Waals surface area contributed by atoms with Crippen molar-refractivity contribution in [3.63, 3.8) is 0 Å². The molecule has 0 radical (unpaired) electrons. The highest BCUT2D eigenvalue weighted by Gasteiger charge is 2.15. The van der Waals surface area contributed by atoms with E-state index in [0.29, 0.717) is 77.2 Å². The number of aromatic amines is 1. The monoisotopic (exact) mass is 577 g/mol. The van der Waals surface area contributed by atoms with Gasteiger partial charge in [-0.15, -0.1) is 0 Å². The number of rotatable bonds is 22. The number of ether oxygens (including phenoxy) is 5. The summed E-state index contributed by atoms with van der Waals surface area (Å²) in [5.41, 5.74) is 8.27. The summed E-state index contributed by atoms with van der Waals surface area (Å²) in [5.74, 6) is 0.174. The first kappa shape index (κ1) is 32.4. The van der Waals surface area contributed by atoms with Crippen LogP contribution in [0.2, 0.25) is 0 Å². The maximum absolute atomic E-state index is 12.6. The van der Waals surface area contributed by atoms with Crippen LogP contribution in [0.5, 0.6) is 6.01 Å². The maximum atomic E-state index is 12.6. The molecule has 0 aliphatic carbocycles. The van der Waals surface area contributed by atoms with Crippen LogP contribution >= 0.6 is 0 Å². The molecule has 0 unspecified atom stereocenters. The zero-order valence-corrected chi connectivity index (χ0v) is 24.0. The first-order chi connectivity index (χ1) is 20.0. The molecule has 14 nitrogen and oxygen atoms in total. The van der Waals surface area contributed by atoms with Crippen molar-refractivity contribution < 1.29 is 28.8 Å². The van der Waals surface area contributed by atoms with Crippen molar-refractivity contribution in [3.05, 3.63) is 40.1 Å². The fourth-order valence-corrected chi connectivity index (χ4v) is 3.78. The van der Waals surface area contributed by atoms with Crippen molar-refractivity contribution in [1.82, 2.24) is 29.4 Å². The van der Waals surface area contributed by atoms with E-state index in [9.17, 15) is 4.79 Å². The van der Waals surface area contributed by atoms with Gasteiger partial charge < -0.3 is 39.5 Å². The molecular weight excluding hydrogens is 534 g/mol. The highest BCUT2D eigenvalue weighted by Crippen LogP contribution is 2.18. The van der Waals surface area contributed by atoms with E-state index in [2.05, 4.69) is 31.8 Å². The molecule has 3 heterocycles. The summed E-state index contributed by atoms with van der Waals surface area (Å²) in [5, 5.41) is 8.61. The molecular formula is C27H43N7O7. The maximum Gasteiger partial charge on any atom is 0.328 e. The van der Waals surface area contributed by atoms with Crippen LogP contribution in [0.25, 0.3) is 11.2 Å². The van der Waals surface area contributed by atoms with Gasteiger partial charge in [-0.05, 0) is 25.1 Å². The average molecular weight is 578 g/mol. The molecule has 0 atom stereocenters. The van der Waals surface area contributed by atoms with Gasteiger partial charge in [0.1, 0.15) is 5.52 Å². The second-order valence-corrected chi connectivity index (χ2v) is 9.38. The van der Waals surface area contributed by atoms with Crippen LogP contribution in [-0.4, -0.2) is 114 Å². The van der Waals surface area contributed by atoms with Gasteiger partial charge in [0.15, 0.2) is 11.5 Å². The van der Waals surface area contributed by atoms with Crippen molar-refractivity contribution >= 4 is 17.0 Å². The highest BCUT2D eigenvalue weighted by molar-refractivity contribution is 5.81. The fourth-order valence-electron chi connectivity index (χ4n) is 3.78. The van der Waals surface area contributed by atoms with Crippen LogP contribution in [0, 0.1) is 0 Å². The van der Waals surface area contributed by atoms with Crippen molar-refractivity contribution in [2.45, 2.75) is 32.9 Å². The lowest BCUT2D eigenvalue weighted by molar-refractivity contribution is -0.00688. The molecule has 0 aliphatic rings. The van der Waals surface area contributed by atoms with Gasteiger partial charge in [-0.25, -0.2) is 4.79 Å². The molecule has 0 saturated heterocycles. The lowest BCUT2D eigenvalue weighted by Crippen LogP contribution is -2.24. The number of aliphatic hydroxyl groups is 1. The molecule has 0 aliphatic heterocycles. The summed E-state index contributed by atoms with van der Waals surface area (Å²) in [6.07, 6.45) is 3.62. The zero-order valence-electron chi connectivity index (χ0n) is 24.0. The van der Waals surface area contributed by atoms with E-state index in [1.165, 1.54) is 4.57 Å². The number of anilines is 1. The summed E-state index contributed by atoms with van der Waals surface area (Å²) < 4.78 is 28.7. The van der Waals surface area contributed by atoms with Crippen LogP contribution in [-0.2, 0) is 32.0 Å². The van der Waals surface area contributed by atoms with E-state index in [-0.39, 0.29) is 30.7 Å². The predicted octanol–water partition coefficient (Wildman–Crippen LogP) is 0.815. The SMILES string of the molecule is CCCCOc1nc(N)c2[nH]c(=O)n(Cc3ccc(CN(C)CCOCCOCCOCCOCCO)nc3)c2n1. The van der Waals surface area contributed by atoms with E-state index in [0.717, 1.165) is 30.6 Å². The van der Waals surface area contributed by atoms with Crippen LogP contribution in [0.1, 0.15) is 31.0 Å². The van der Waals surface area contributed by atoms with E-state index in [1.807, 2.05) is 19.2 Å². The Morgan fingerprint density at radius 3 is 2.29 bits per heavy atom. The normalized spacial score (nSPS) is 11.6. The second-order valence-electron chi connectivity index (χ2n) is 9.38. The largest absolute Gasteiger partial charge is 0.463 e. The second kappa shape index (κ2) is 18.3. The van der Waals surface area contributed by atoms with Crippen molar-refractivity contribution in [2.75, 3.05) is 85.4 Å². The van der Waals surface area contributed by atoms with E-state index in [4.69, 9.17) is 34.5 Å². The molecule has 3 aromatic heterocycles. The van der Waals surface area contributed by atoms with Gasteiger partial charge in [-0.2, -0.15) is 9.97 Å². The molecule has 0 aromatic carbocycles. The Hall–Kier alpha value is -3.14. The summed E-state index contributed by atoms with van der Waals surface area (Å²) in [4.78, 5) is 30.6. The number of hydrogen-bond donors (Lipinski definition) is 3. The van der Waals surface area contributed by atoms with E-state index < -0.39 is 0 Å². The Bertz CT molecular complexity index is 1200. The number of unbranched alkanes of at least 4 members (excludes halogenated alkanes) is 1. The quantitative estimate of drug-likeness (QED) is 0.144. The summed E-state index contributed by atoms with van der Waals surface area (Å²) in [6, 6.07) is 4.06. The summed E-state index contributed by atoms with van der Waals surface area (Å²) in [6.45, 7) is 8.12. The number of pyridine rings is 1. The highest BCUT2D eigenvalue weighted by atomic mass is 16.6.